The van der Waals surface area contributed by atoms with Crippen molar-refractivity contribution in [2.24, 2.45) is 0 Å². The van der Waals surface area contributed by atoms with E-state index >= 15 is 0 Å². The van der Waals surface area contributed by atoms with Crippen LogP contribution in [0.15, 0.2) is 60.2 Å². The molecule has 1 aliphatic heterocycles. The average Bonchev–Trinajstić information content (AvgIpc) is 2.92. The number of nitrogens with one attached hydrogen (secondary N) is 1. The Morgan fingerprint density at radius 3 is 2.27 bits per heavy atom. The number of urea groups is 1. The van der Waals surface area contributed by atoms with Gasteiger partial charge in [-0.05, 0) is 76.5 Å². The van der Waals surface area contributed by atoms with Crippen LogP contribution in [0.4, 0.5) is 21.9 Å². The normalized spacial score (nSPS) is 14.2. The van der Waals surface area contributed by atoms with E-state index in [1.807, 2.05) is 29.5 Å². The van der Waals surface area contributed by atoms with Crippen LogP contribution in [0, 0.1) is 23.8 Å². The van der Waals surface area contributed by atoms with Crippen LogP contribution in [0.3, 0.4) is 0 Å². The molecule has 4 rings (SSSR count). The predicted molar refractivity (Wildman–Crippen MR) is 150 cm³/mol. The highest BCUT2D eigenvalue weighted by Gasteiger charge is 2.37. The molecule has 0 aromatic heterocycles. The molecule has 1 aliphatic rings. The molecule has 0 bridgehead atoms. The highest BCUT2D eigenvalue weighted by atomic mass is 127. The number of nitrogens with zero attached hydrogens (tertiary/aromatic N) is 3. The molecule has 14 heteroatoms. The fraction of sp³-hybridized carbons (Fsp3) is 0.115. The highest BCUT2D eigenvalue weighted by molar-refractivity contribution is 14.1. The Hall–Kier alpha value is -4.86. The number of non-ortho nitro benzene ring substituents is 1. The van der Waals surface area contributed by atoms with Crippen molar-refractivity contribution in [1.29, 1.82) is 0 Å². The summed E-state index contributed by atoms with van der Waals surface area (Å²) in [5.74, 6) is -1.81. The largest absolute Gasteiger partial charge is 0.493 e. The number of amides is 4. The van der Waals surface area contributed by atoms with Gasteiger partial charge in [-0.2, -0.15) is 0 Å². The number of imide groups is 2. The van der Waals surface area contributed by atoms with E-state index in [-0.39, 0.29) is 22.8 Å². The first kappa shape index (κ1) is 28.2. The van der Waals surface area contributed by atoms with Crippen LogP contribution in [-0.2, 0) is 16.0 Å². The predicted octanol–water partition coefficient (Wildman–Crippen LogP) is 5.14. The first-order chi connectivity index (χ1) is 19.0. The Labute approximate surface area is 239 Å². The summed E-state index contributed by atoms with van der Waals surface area (Å²) in [4.78, 5) is 60.2. The quantitative estimate of drug-likeness (QED) is 0.113. The summed E-state index contributed by atoms with van der Waals surface area (Å²) in [7, 11) is 1.32. The Kier molecular flexibility index (Phi) is 8.08. The Balaban J connectivity index is 1.70. The SMILES string of the molecule is CCc1ccc(N2C(=O)NC(=O)/C(=C\c3cc(I)c(Oc4ccc([N+](=O)[O-])cc4[N+](=O)[O-])c(OC)c3)C2=O)cc1. The minimum absolute atomic E-state index is 0.0643. The molecule has 4 amide bonds. The number of halogens is 1. The van der Waals surface area contributed by atoms with Gasteiger partial charge in [0.2, 0.25) is 5.75 Å². The number of barbiturate groups is 1. The maximum Gasteiger partial charge on any atom is 0.335 e. The minimum atomic E-state index is -0.882. The van der Waals surface area contributed by atoms with Crippen LogP contribution in [0.25, 0.3) is 6.08 Å². The molecule has 0 aliphatic carbocycles. The number of hydrogen-bond acceptors (Lipinski definition) is 9. The van der Waals surface area contributed by atoms with Crippen molar-refractivity contribution in [3.05, 3.63) is 95.1 Å². The number of ether oxygens (including phenoxy) is 2. The summed E-state index contributed by atoms with van der Waals surface area (Å²) < 4.78 is 11.5. The van der Waals surface area contributed by atoms with Crippen LogP contribution in [0.1, 0.15) is 18.1 Å². The number of carbonyl (C=O) groups is 3. The molecule has 3 aromatic rings. The maximum absolute atomic E-state index is 13.2. The number of aryl methyl sites for hydroxylation is 1. The maximum atomic E-state index is 13.2. The van der Waals surface area contributed by atoms with Gasteiger partial charge in [-0.3, -0.25) is 35.1 Å². The fourth-order valence-corrected chi connectivity index (χ4v) is 4.56. The number of nitro benzene ring substituents is 2. The molecule has 0 radical (unpaired) electrons. The van der Waals surface area contributed by atoms with E-state index in [1.54, 1.807) is 24.3 Å². The van der Waals surface area contributed by atoms with Gasteiger partial charge in [-0.25, -0.2) is 9.69 Å². The summed E-state index contributed by atoms with van der Waals surface area (Å²) >= 11 is 1.87. The molecular weight excluding hydrogens is 639 g/mol. The summed E-state index contributed by atoms with van der Waals surface area (Å²) in [6, 6.07) is 11.8. The van der Waals surface area contributed by atoms with Gasteiger partial charge in [-0.15, -0.1) is 0 Å². The third-order valence-corrected chi connectivity index (χ3v) is 6.63. The van der Waals surface area contributed by atoms with Crippen LogP contribution >= 0.6 is 22.6 Å². The first-order valence-corrected chi connectivity index (χ1v) is 12.6. The topological polar surface area (TPSA) is 171 Å². The molecule has 1 heterocycles. The Morgan fingerprint density at radius 1 is 0.975 bits per heavy atom. The zero-order valence-corrected chi connectivity index (χ0v) is 23.0. The van der Waals surface area contributed by atoms with E-state index in [0.29, 0.717) is 14.8 Å². The molecular formula is C26H19IN4O9. The molecule has 1 N–H and O–H groups in total. The molecule has 0 saturated carbocycles. The van der Waals surface area contributed by atoms with Crippen molar-refractivity contribution in [1.82, 2.24) is 5.32 Å². The van der Waals surface area contributed by atoms with Crippen molar-refractivity contribution in [3.63, 3.8) is 0 Å². The molecule has 0 spiro atoms. The molecule has 0 atom stereocenters. The Morgan fingerprint density at radius 2 is 1.68 bits per heavy atom. The lowest BCUT2D eigenvalue weighted by Gasteiger charge is -2.26. The lowest BCUT2D eigenvalue weighted by molar-refractivity contribution is -0.394. The smallest absolute Gasteiger partial charge is 0.335 e. The summed E-state index contributed by atoms with van der Waals surface area (Å²) in [5.41, 5.74) is 0.214. The first-order valence-electron chi connectivity index (χ1n) is 11.5. The minimum Gasteiger partial charge on any atom is -0.493 e. The van der Waals surface area contributed by atoms with Crippen molar-refractivity contribution in [3.8, 4) is 17.2 Å². The number of anilines is 1. The van der Waals surface area contributed by atoms with Gasteiger partial charge in [0.25, 0.3) is 17.5 Å². The molecule has 3 aromatic carbocycles. The fourth-order valence-electron chi connectivity index (χ4n) is 3.82. The van der Waals surface area contributed by atoms with E-state index in [9.17, 15) is 34.6 Å². The summed E-state index contributed by atoms with van der Waals surface area (Å²) in [6.45, 7) is 1.96. The monoisotopic (exact) mass is 658 g/mol. The van der Waals surface area contributed by atoms with E-state index in [0.717, 1.165) is 35.1 Å². The van der Waals surface area contributed by atoms with Crippen LogP contribution in [0.5, 0.6) is 17.2 Å². The average molecular weight is 658 g/mol. The van der Waals surface area contributed by atoms with Gasteiger partial charge in [0.1, 0.15) is 5.57 Å². The van der Waals surface area contributed by atoms with Gasteiger partial charge in [0.15, 0.2) is 11.5 Å². The summed E-state index contributed by atoms with van der Waals surface area (Å²) in [5, 5.41) is 24.7. The molecule has 40 heavy (non-hydrogen) atoms. The number of nitro groups is 2. The second kappa shape index (κ2) is 11.5. The number of rotatable bonds is 8. The van der Waals surface area contributed by atoms with Gasteiger partial charge in [0, 0.05) is 6.07 Å². The van der Waals surface area contributed by atoms with Crippen molar-refractivity contribution in [2.45, 2.75) is 13.3 Å². The zero-order valence-electron chi connectivity index (χ0n) is 20.9. The van der Waals surface area contributed by atoms with Gasteiger partial charge >= 0.3 is 11.7 Å². The molecule has 0 unspecified atom stereocenters. The van der Waals surface area contributed by atoms with E-state index in [1.165, 1.54) is 25.3 Å². The van der Waals surface area contributed by atoms with Gasteiger partial charge in [-0.1, -0.05) is 19.1 Å². The van der Waals surface area contributed by atoms with Gasteiger partial charge in [0.05, 0.1) is 32.3 Å². The van der Waals surface area contributed by atoms with Crippen LogP contribution < -0.4 is 19.7 Å². The molecule has 13 nitrogen and oxygen atoms in total. The highest BCUT2D eigenvalue weighted by Crippen LogP contribution is 2.41. The van der Waals surface area contributed by atoms with Crippen molar-refractivity contribution >= 4 is 63.6 Å². The van der Waals surface area contributed by atoms with Gasteiger partial charge < -0.3 is 9.47 Å². The number of methoxy groups -OCH3 is 1. The number of hydrogen-bond donors (Lipinski definition) is 1. The lowest BCUT2D eigenvalue weighted by atomic mass is 10.1. The second-order valence-electron chi connectivity index (χ2n) is 8.28. The number of carbonyl (C=O) groups excluding carboxylic acids is 3. The second-order valence-corrected chi connectivity index (χ2v) is 9.44. The molecule has 204 valence electrons. The van der Waals surface area contributed by atoms with E-state index in [4.69, 9.17) is 9.47 Å². The summed E-state index contributed by atoms with van der Waals surface area (Å²) in [6.07, 6.45) is 2.04. The van der Waals surface area contributed by atoms with E-state index in [2.05, 4.69) is 5.32 Å². The lowest BCUT2D eigenvalue weighted by Crippen LogP contribution is -2.54. The standard InChI is InChI=1S/C26H19IN4O9/c1-3-14-4-6-16(7-5-14)29-25(33)18(24(32)28-26(29)34)10-15-11-19(27)23(22(12-15)39-2)40-21-9-8-17(30(35)36)13-20(21)31(37)38/h4-13H,3H2,1-2H3,(H,28,32,34)/b18-10+. The zero-order chi connectivity index (χ0) is 29.1. The third kappa shape index (κ3) is 5.61. The molecule has 1 fully saturated rings. The van der Waals surface area contributed by atoms with Crippen molar-refractivity contribution in [2.75, 3.05) is 12.0 Å². The molecule has 1 saturated heterocycles. The third-order valence-electron chi connectivity index (χ3n) is 5.83. The number of benzene rings is 3. The van der Waals surface area contributed by atoms with E-state index < -0.39 is 39.1 Å². The van der Waals surface area contributed by atoms with Crippen molar-refractivity contribution < 1.29 is 33.7 Å². The van der Waals surface area contributed by atoms with Crippen LogP contribution in [0.2, 0.25) is 0 Å². The van der Waals surface area contributed by atoms with Crippen LogP contribution in [-0.4, -0.2) is 34.8 Å². The Bertz CT molecular complexity index is 1600.